The van der Waals surface area contributed by atoms with Gasteiger partial charge in [-0.3, -0.25) is 4.90 Å². The number of nitrogens with two attached hydrogens (primary N) is 1. The van der Waals surface area contributed by atoms with E-state index in [2.05, 4.69) is 30.0 Å². The highest BCUT2D eigenvalue weighted by molar-refractivity contribution is 5.61. The number of nitrogens with zero attached hydrogens (tertiary/aromatic N) is 4. The number of hydrogen-bond acceptors (Lipinski definition) is 7. The average Bonchev–Trinajstić information content (AvgIpc) is 2.78. The standard InChI is InChI=1S/C23H25N5O2/c1-4-9-28-10-8-18-17(12-28)20(15-6-5-7-19(29-2)21(15)30-3)16(11-24)22(27)23(18,13-25)14-26/h5-8,17,20H,4,9-10,12,27H2,1-3H3/t17-,20-/m0/s1. The monoisotopic (exact) mass is 403 g/mol. The molecule has 0 bridgehead atoms. The lowest BCUT2D eigenvalue weighted by Crippen LogP contribution is -2.47. The first-order valence-corrected chi connectivity index (χ1v) is 9.89. The summed E-state index contributed by atoms with van der Waals surface area (Å²) in [5, 5.41) is 30.0. The quantitative estimate of drug-likeness (QED) is 0.751. The van der Waals surface area contributed by atoms with Crippen LogP contribution in [-0.4, -0.2) is 38.8 Å². The van der Waals surface area contributed by atoms with Gasteiger partial charge in [-0.25, -0.2) is 0 Å². The zero-order valence-corrected chi connectivity index (χ0v) is 17.5. The van der Waals surface area contributed by atoms with Gasteiger partial charge < -0.3 is 15.2 Å². The Balaban J connectivity index is 2.32. The van der Waals surface area contributed by atoms with E-state index in [-0.39, 0.29) is 17.2 Å². The summed E-state index contributed by atoms with van der Waals surface area (Å²) in [6.45, 7) is 4.25. The second-order valence-electron chi connectivity index (χ2n) is 7.50. The summed E-state index contributed by atoms with van der Waals surface area (Å²) >= 11 is 0. The molecule has 1 aromatic carbocycles. The van der Waals surface area contributed by atoms with Crippen molar-refractivity contribution in [2.45, 2.75) is 19.3 Å². The minimum Gasteiger partial charge on any atom is -0.493 e. The number of methoxy groups -OCH3 is 2. The molecular weight excluding hydrogens is 378 g/mol. The molecular formula is C23H25N5O2. The van der Waals surface area contributed by atoms with Gasteiger partial charge in [-0.1, -0.05) is 25.1 Å². The molecule has 2 atom stereocenters. The maximum Gasteiger partial charge on any atom is 0.204 e. The molecule has 154 valence electrons. The van der Waals surface area contributed by atoms with Gasteiger partial charge in [0.2, 0.25) is 5.41 Å². The molecule has 0 radical (unpaired) electrons. The fourth-order valence-electron chi connectivity index (χ4n) is 4.70. The molecule has 1 aliphatic heterocycles. The molecule has 30 heavy (non-hydrogen) atoms. The second-order valence-corrected chi connectivity index (χ2v) is 7.50. The van der Waals surface area contributed by atoms with E-state index in [0.29, 0.717) is 30.2 Å². The highest BCUT2D eigenvalue weighted by Gasteiger charge is 2.53. The van der Waals surface area contributed by atoms with Crippen LogP contribution >= 0.6 is 0 Å². The fraction of sp³-hybridized carbons (Fsp3) is 0.435. The number of nitriles is 3. The molecule has 7 nitrogen and oxygen atoms in total. The van der Waals surface area contributed by atoms with Gasteiger partial charge in [0.05, 0.1) is 43.7 Å². The van der Waals surface area contributed by atoms with Gasteiger partial charge in [0.15, 0.2) is 11.5 Å². The Kier molecular flexibility index (Phi) is 6.01. The summed E-state index contributed by atoms with van der Waals surface area (Å²) in [5.41, 5.74) is 6.42. The molecule has 0 fully saturated rings. The predicted molar refractivity (Wildman–Crippen MR) is 111 cm³/mol. The summed E-state index contributed by atoms with van der Waals surface area (Å²) in [4.78, 5) is 2.27. The average molecular weight is 403 g/mol. The van der Waals surface area contributed by atoms with Crippen LogP contribution in [0.1, 0.15) is 24.8 Å². The molecule has 0 saturated heterocycles. The van der Waals surface area contributed by atoms with Crippen LogP contribution in [0.4, 0.5) is 0 Å². The Morgan fingerprint density at radius 2 is 1.93 bits per heavy atom. The largest absolute Gasteiger partial charge is 0.493 e. The van der Waals surface area contributed by atoms with Crippen LogP contribution in [0.3, 0.4) is 0 Å². The van der Waals surface area contributed by atoms with Crippen LogP contribution in [0.2, 0.25) is 0 Å². The van der Waals surface area contributed by atoms with Crippen molar-refractivity contribution in [1.82, 2.24) is 4.90 Å². The first-order chi connectivity index (χ1) is 14.5. The van der Waals surface area contributed by atoms with Crippen LogP contribution in [0.25, 0.3) is 0 Å². The summed E-state index contributed by atoms with van der Waals surface area (Å²) in [6, 6.07) is 12.0. The van der Waals surface area contributed by atoms with Crippen LogP contribution in [0.15, 0.2) is 41.1 Å². The lowest BCUT2D eigenvalue weighted by Gasteiger charge is -2.45. The summed E-state index contributed by atoms with van der Waals surface area (Å²) in [5.74, 6) is 0.377. The minimum absolute atomic E-state index is 0.0105. The van der Waals surface area contributed by atoms with Gasteiger partial charge in [-0.05, 0) is 24.6 Å². The van der Waals surface area contributed by atoms with Crippen molar-refractivity contribution < 1.29 is 9.47 Å². The number of hydrogen-bond donors (Lipinski definition) is 1. The molecule has 1 heterocycles. The van der Waals surface area contributed by atoms with E-state index in [4.69, 9.17) is 15.2 Å². The van der Waals surface area contributed by atoms with Crippen LogP contribution < -0.4 is 15.2 Å². The van der Waals surface area contributed by atoms with Crippen molar-refractivity contribution in [2.75, 3.05) is 33.9 Å². The third kappa shape index (κ3) is 3.07. The van der Waals surface area contributed by atoms with Crippen molar-refractivity contribution in [1.29, 1.82) is 15.8 Å². The lowest BCUT2D eigenvalue weighted by atomic mass is 9.60. The van der Waals surface area contributed by atoms with Crippen molar-refractivity contribution in [2.24, 2.45) is 17.1 Å². The Hall–Kier alpha value is -3.47. The van der Waals surface area contributed by atoms with Crippen LogP contribution in [-0.2, 0) is 0 Å². The molecule has 0 aromatic heterocycles. The molecule has 0 saturated carbocycles. The maximum absolute atomic E-state index is 10.1. The first kappa shape index (κ1) is 21.2. The normalized spacial score (nSPS) is 22.7. The number of para-hydroxylation sites is 1. The third-order valence-electron chi connectivity index (χ3n) is 6.03. The van der Waals surface area contributed by atoms with E-state index >= 15 is 0 Å². The van der Waals surface area contributed by atoms with Gasteiger partial charge in [0.1, 0.15) is 0 Å². The molecule has 0 unspecified atom stereocenters. The summed E-state index contributed by atoms with van der Waals surface area (Å²) in [7, 11) is 3.11. The smallest absolute Gasteiger partial charge is 0.204 e. The molecule has 2 aliphatic rings. The number of benzene rings is 1. The van der Waals surface area contributed by atoms with Gasteiger partial charge in [-0.15, -0.1) is 0 Å². The number of fused-ring (bicyclic) bond motifs is 1. The Labute approximate surface area is 177 Å². The van der Waals surface area contributed by atoms with Gasteiger partial charge in [-0.2, -0.15) is 15.8 Å². The van der Waals surface area contributed by atoms with Gasteiger partial charge >= 0.3 is 0 Å². The van der Waals surface area contributed by atoms with E-state index in [1.165, 1.54) is 0 Å². The minimum atomic E-state index is -1.63. The Morgan fingerprint density at radius 3 is 2.50 bits per heavy atom. The highest BCUT2D eigenvalue weighted by Crippen LogP contribution is 2.54. The number of ether oxygens (including phenoxy) is 2. The molecule has 7 heteroatoms. The number of rotatable bonds is 5. The number of allylic oxidation sites excluding steroid dienone is 2. The first-order valence-electron chi connectivity index (χ1n) is 9.89. The summed E-state index contributed by atoms with van der Waals surface area (Å²) in [6.07, 6.45) is 2.92. The zero-order chi connectivity index (χ0) is 21.9. The lowest BCUT2D eigenvalue weighted by molar-refractivity contribution is 0.223. The molecule has 2 N–H and O–H groups in total. The Bertz CT molecular complexity index is 1010. The fourth-order valence-corrected chi connectivity index (χ4v) is 4.70. The predicted octanol–water partition coefficient (Wildman–Crippen LogP) is 2.84. The van der Waals surface area contributed by atoms with E-state index in [0.717, 1.165) is 18.5 Å². The van der Waals surface area contributed by atoms with E-state index < -0.39 is 11.3 Å². The Morgan fingerprint density at radius 1 is 1.20 bits per heavy atom. The molecule has 3 rings (SSSR count). The molecule has 1 aliphatic carbocycles. The molecule has 1 aromatic rings. The van der Waals surface area contributed by atoms with Crippen LogP contribution in [0, 0.1) is 45.3 Å². The van der Waals surface area contributed by atoms with E-state index in [9.17, 15) is 15.8 Å². The topological polar surface area (TPSA) is 119 Å². The second kappa shape index (κ2) is 8.49. The molecule has 0 amide bonds. The van der Waals surface area contributed by atoms with Gasteiger partial charge in [0.25, 0.3) is 0 Å². The third-order valence-corrected chi connectivity index (χ3v) is 6.03. The van der Waals surface area contributed by atoms with Crippen molar-refractivity contribution in [3.63, 3.8) is 0 Å². The summed E-state index contributed by atoms with van der Waals surface area (Å²) < 4.78 is 11.1. The SMILES string of the molecule is CCCN1CC=C2[C@H](C1)[C@@H](c1cccc(OC)c1OC)C(C#N)=C(N)C2(C#N)C#N. The van der Waals surface area contributed by atoms with E-state index in [1.54, 1.807) is 20.3 Å². The van der Waals surface area contributed by atoms with Crippen molar-refractivity contribution in [3.8, 4) is 29.7 Å². The zero-order valence-electron chi connectivity index (χ0n) is 17.5. The maximum atomic E-state index is 10.1. The van der Waals surface area contributed by atoms with Gasteiger partial charge in [0, 0.05) is 30.5 Å². The van der Waals surface area contributed by atoms with Crippen molar-refractivity contribution in [3.05, 3.63) is 46.7 Å². The highest BCUT2D eigenvalue weighted by atomic mass is 16.5. The van der Waals surface area contributed by atoms with E-state index in [1.807, 2.05) is 18.2 Å². The van der Waals surface area contributed by atoms with Crippen molar-refractivity contribution >= 4 is 0 Å². The molecule has 0 spiro atoms. The van der Waals surface area contributed by atoms with Crippen LogP contribution in [0.5, 0.6) is 11.5 Å².